The molecule has 1 heterocycles. The molecule has 2 aromatic rings. The molecule has 0 bridgehead atoms. The van der Waals surface area contributed by atoms with Crippen molar-refractivity contribution in [3.05, 3.63) is 39.7 Å². The summed E-state index contributed by atoms with van der Waals surface area (Å²) in [5.74, 6) is 0. The summed E-state index contributed by atoms with van der Waals surface area (Å²) in [6.45, 7) is 2.11. The van der Waals surface area contributed by atoms with Gasteiger partial charge in [0.15, 0.2) is 0 Å². The second-order valence-corrected chi connectivity index (χ2v) is 5.29. The normalized spacial score (nSPS) is 10.4. The summed E-state index contributed by atoms with van der Waals surface area (Å²) in [5.41, 5.74) is 7.72. The minimum Gasteiger partial charge on any atom is -0.398 e. The molecule has 0 aliphatic heterocycles. The smallest absolute Gasteiger partial charge is 0.0458 e. The molecule has 0 amide bonds. The highest BCUT2D eigenvalue weighted by Crippen LogP contribution is 2.31. The predicted molar refractivity (Wildman–Crippen MR) is 66.6 cm³/mol. The first-order chi connectivity index (χ1) is 6.66. The van der Waals surface area contributed by atoms with E-state index in [0.717, 1.165) is 10.2 Å². The van der Waals surface area contributed by atoms with Gasteiger partial charge in [0.1, 0.15) is 0 Å². The van der Waals surface area contributed by atoms with Crippen LogP contribution in [-0.4, -0.2) is 0 Å². The fourth-order valence-corrected chi connectivity index (χ4v) is 2.51. The lowest BCUT2D eigenvalue weighted by Crippen LogP contribution is -1.85. The molecule has 0 atom stereocenters. The van der Waals surface area contributed by atoms with Gasteiger partial charge >= 0.3 is 0 Å². The Morgan fingerprint density at radius 2 is 2.00 bits per heavy atom. The van der Waals surface area contributed by atoms with Gasteiger partial charge in [0, 0.05) is 19.9 Å². The van der Waals surface area contributed by atoms with Crippen molar-refractivity contribution in [1.82, 2.24) is 0 Å². The van der Waals surface area contributed by atoms with Crippen LogP contribution in [0.5, 0.6) is 0 Å². The highest BCUT2D eigenvalue weighted by atomic mass is 79.9. The van der Waals surface area contributed by atoms with Crippen LogP contribution in [0.3, 0.4) is 0 Å². The van der Waals surface area contributed by atoms with Crippen LogP contribution < -0.4 is 5.73 Å². The van der Waals surface area contributed by atoms with E-state index >= 15 is 0 Å². The molecule has 3 heteroatoms. The summed E-state index contributed by atoms with van der Waals surface area (Å²) in [6, 6.07) is 10.3. The van der Waals surface area contributed by atoms with Crippen LogP contribution in [0.2, 0.25) is 0 Å². The Bertz CT molecular complexity index is 462. The summed E-state index contributed by atoms with van der Waals surface area (Å²) in [5, 5.41) is 0. The zero-order valence-electron chi connectivity index (χ0n) is 7.75. The van der Waals surface area contributed by atoms with Crippen molar-refractivity contribution in [1.29, 1.82) is 0 Å². The van der Waals surface area contributed by atoms with Crippen LogP contribution in [0.4, 0.5) is 5.69 Å². The minimum absolute atomic E-state index is 0.780. The Morgan fingerprint density at radius 1 is 1.21 bits per heavy atom. The van der Waals surface area contributed by atoms with Gasteiger partial charge in [-0.3, -0.25) is 0 Å². The Balaban J connectivity index is 2.47. The maximum absolute atomic E-state index is 5.73. The number of nitrogens with two attached hydrogens (primary N) is 1. The largest absolute Gasteiger partial charge is 0.398 e. The molecule has 1 nitrogen and oxygen atoms in total. The van der Waals surface area contributed by atoms with Gasteiger partial charge in [0.25, 0.3) is 0 Å². The zero-order valence-corrected chi connectivity index (χ0v) is 10.2. The van der Waals surface area contributed by atoms with Crippen molar-refractivity contribution in [3.63, 3.8) is 0 Å². The molecule has 2 N–H and O–H groups in total. The maximum atomic E-state index is 5.73. The number of anilines is 1. The molecule has 1 aromatic heterocycles. The van der Waals surface area contributed by atoms with Gasteiger partial charge < -0.3 is 5.73 Å². The molecule has 0 saturated carbocycles. The summed E-state index contributed by atoms with van der Waals surface area (Å²) >= 11 is 5.22. The summed E-state index contributed by atoms with van der Waals surface area (Å²) in [6.07, 6.45) is 0. The third kappa shape index (κ3) is 1.83. The van der Waals surface area contributed by atoms with E-state index in [1.165, 1.54) is 15.3 Å². The van der Waals surface area contributed by atoms with E-state index in [0.29, 0.717) is 0 Å². The molecule has 2 rings (SSSR count). The molecular formula is C11H10BrNS. The molecule has 14 heavy (non-hydrogen) atoms. The minimum atomic E-state index is 0.780. The molecule has 0 fully saturated rings. The second kappa shape index (κ2) is 3.75. The average molecular weight is 268 g/mol. The fourth-order valence-electron chi connectivity index (χ4n) is 1.27. The molecule has 0 radical (unpaired) electrons. The number of halogens is 1. The summed E-state index contributed by atoms with van der Waals surface area (Å²) in [7, 11) is 0. The van der Waals surface area contributed by atoms with Crippen LogP contribution in [0.15, 0.2) is 34.8 Å². The average Bonchev–Trinajstić information content (AvgIpc) is 2.57. The van der Waals surface area contributed by atoms with Gasteiger partial charge in [-0.1, -0.05) is 6.07 Å². The van der Waals surface area contributed by atoms with Crippen molar-refractivity contribution in [3.8, 4) is 10.4 Å². The van der Waals surface area contributed by atoms with Gasteiger partial charge in [0.05, 0.1) is 0 Å². The molecule has 0 saturated heterocycles. The first kappa shape index (κ1) is 9.74. The van der Waals surface area contributed by atoms with Crippen molar-refractivity contribution >= 4 is 33.0 Å². The predicted octanol–water partition coefficient (Wildman–Crippen LogP) is 4.07. The van der Waals surface area contributed by atoms with Gasteiger partial charge in [-0.2, -0.15) is 0 Å². The summed E-state index contributed by atoms with van der Waals surface area (Å²) in [4.78, 5) is 2.61. The third-order valence-corrected chi connectivity index (χ3v) is 3.76. The van der Waals surface area contributed by atoms with Gasteiger partial charge in [-0.15, -0.1) is 11.3 Å². The van der Waals surface area contributed by atoms with E-state index in [4.69, 9.17) is 5.73 Å². The van der Waals surface area contributed by atoms with Crippen LogP contribution in [0, 0.1) is 6.92 Å². The molecular weight excluding hydrogens is 258 g/mol. The van der Waals surface area contributed by atoms with Crippen LogP contribution >= 0.6 is 27.3 Å². The number of hydrogen-bond acceptors (Lipinski definition) is 2. The Hall–Kier alpha value is -0.800. The first-order valence-corrected chi connectivity index (χ1v) is 5.89. The van der Waals surface area contributed by atoms with Crippen LogP contribution in [-0.2, 0) is 0 Å². The lowest BCUT2D eigenvalue weighted by Gasteiger charge is -2.01. The fraction of sp³-hybridized carbons (Fsp3) is 0.0909. The Morgan fingerprint density at radius 3 is 2.57 bits per heavy atom. The van der Waals surface area contributed by atoms with E-state index in [1.54, 1.807) is 11.3 Å². The third-order valence-electron chi connectivity index (χ3n) is 2.03. The Labute approximate surface area is 95.7 Å². The highest BCUT2D eigenvalue weighted by molar-refractivity contribution is 9.10. The van der Waals surface area contributed by atoms with Gasteiger partial charge in [-0.25, -0.2) is 0 Å². The zero-order chi connectivity index (χ0) is 10.1. The SMILES string of the molecule is Cc1ccc(-c2ccc(N)c(Br)c2)s1. The standard InChI is InChI=1S/C11H10BrNS/c1-7-2-5-11(14-7)8-3-4-10(13)9(12)6-8/h2-6H,13H2,1H3. The van der Waals surface area contributed by atoms with E-state index < -0.39 is 0 Å². The number of aryl methyl sites for hydroxylation is 1. The van der Waals surface area contributed by atoms with Crippen LogP contribution in [0.1, 0.15) is 4.88 Å². The van der Waals surface area contributed by atoms with Crippen molar-refractivity contribution < 1.29 is 0 Å². The van der Waals surface area contributed by atoms with Gasteiger partial charge in [0.2, 0.25) is 0 Å². The molecule has 0 aliphatic carbocycles. The molecule has 0 aliphatic rings. The van der Waals surface area contributed by atoms with Crippen molar-refractivity contribution in [2.24, 2.45) is 0 Å². The highest BCUT2D eigenvalue weighted by Gasteiger charge is 2.02. The van der Waals surface area contributed by atoms with E-state index in [1.807, 2.05) is 12.1 Å². The van der Waals surface area contributed by atoms with E-state index in [-0.39, 0.29) is 0 Å². The molecule has 1 aromatic carbocycles. The number of benzene rings is 1. The molecule has 0 unspecified atom stereocenters. The van der Waals surface area contributed by atoms with Crippen molar-refractivity contribution in [2.45, 2.75) is 6.92 Å². The van der Waals surface area contributed by atoms with E-state index in [2.05, 4.69) is 41.1 Å². The topological polar surface area (TPSA) is 26.0 Å². The lowest BCUT2D eigenvalue weighted by molar-refractivity contribution is 1.62. The molecule has 72 valence electrons. The quantitative estimate of drug-likeness (QED) is 0.775. The van der Waals surface area contributed by atoms with Crippen molar-refractivity contribution in [2.75, 3.05) is 5.73 Å². The number of thiophene rings is 1. The summed E-state index contributed by atoms with van der Waals surface area (Å²) < 4.78 is 0.959. The van der Waals surface area contributed by atoms with Gasteiger partial charge in [-0.05, 0) is 52.7 Å². The second-order valence-electron chi connectivity index (χ2n) is 3.15. The van der Waals surface area contributed by atoms with Crippen LogP contribution in [0.25, 0.3) is 10.4 Å². The first-order valence-electron chi connectivity index (χ1n) is 4.28. The molecule has 0 spiro atoms. The maximum Gasteiger partial charge on any atom is 0.0458 e. The Kier molecular flexibility index (Phi) is 2.61. The lowest BCUT2D eigenvalue weighted by atomic mass is 10.2. The number of nitrogen functional groups attached to an aromatic ring is 1. The monoisotopic (exact) mass is 267 g/mol. The van der Waals surface area contributed by atoms with E-state index in [9.17, 15) is 0 Å². The number of rotatable bonds is 1. The number of hydrogen-bond donors (Lipinski definition) is 1.